The number of Topliss-reactive ketones (excluding diaryl/α,β-unsaturated/α-hetero) is 1. The monoisotopic (exact) mass is 554 g/mol. The van der Waals surface area contributed by atoms with Crippen LogP contribution in [0.3, 0.4) is 0 Å². The fraction of sp³-hybridized carbons (Fsp3) is 0.370. The molecule has 1 atom stereocenters. The van der Waals surface area contributed by atoms with Gasteiger partial charge in [-0.05, 0) is 32.3 Å². The highest BCUT2D eigenvalue weighted by Gasteiger charge is 2.66. The maximum absolute atomic E-state index is 14.0. The summed E-state index contributed by atoms with van der Waals surface area (Å²) in [6.07, 6.45) is 0. The van der Waals surface area contributed by atoms with Crippen LogP contribution >= 0.6 is 0 Å². The molecular weight excluding hydrogens is 524 g/mol. The standard InChI is InChI=1S/C27H30N4O7S/c1-28(2)11-12-31-25(34)24(33)22(27(31)20-9-4-5-10-21(20)29(3)26(27)35)23(32)18-7-6-8-19(17-18)39(36,37)30-13-15-38-16-14-30/h4-10,17,32H,11-16H2,1-3H3. The van der Waals surface area contributed by atoms with E-state index < -0.39 is 38.9 Å². The van der Waals surface area contributed by atoms with E-state index in [1.54, 1.807) is 45.4 Å². The van der Waals surface area contributed by atoms with Gasteiger partial charge in [0.25, 0.3) is 17.6 Å². The number of nitrogens with zero attached hydrogens (tertiary/aromatic N) is 4. The lowest BCUT2D eigenvalue weighted by Gasteiger charge is -2.34. The van der Waals surface area contributed by atoms with E-state index in [2.05, 4.69) is 0 Å². The van der Waals surface area contributed by atoms with Gasteiger partial charge >= 0.3 is 0 Å². The van der Waals surface area contributed by atoms with Crippen molar-refractivity contribution in [2.24, 2.45) is 0 Å². The lowest BCUT2D eigenvalue weighted by molar-refractivity contribution is -0.143. The Hall–Kier alpha value is -3.58. The van der Waals surface area contributed by atoms with Crippen molar-refractivity contribution >= 4 is 39.1 Å². The number of carbonyl (C=O) groups is 3. The predicted molar refractivity (Wildman–Crippen MR) is 142 cm³/mol. The van der Waals surface area contributed by atoms with Gasteiger partial charge in [0, 0.05) is 50.0 Å². The van der Waals surface area contributed by atoms with E-state index in [1.165, 1.54) is 38.4 Å². The number of aliphatic hydroxyl groups is 1. The SMILES string of the molecule is CN(C)CCN1C(=O)C(=O)C(=C(O)c2cccc(S(=O)(=O)N3CCOCC3)c2)C12C(=O)N(C)c1ccccc12. The van der Waals surface area contributed by atoms with Crippen LogP contribution in [0.25, 0.3) is 5.76 Å². The quantitative estimate of drug-likeness (QED) is 0.316. The van der Waals surface area contributed by atoms with Gasteiger partial charge in [-0.15, -0.1) is 0 Å². The first kappa shape index (κ1) is 27.0. The number of carbonyl (C=O) groups excluding carboxylic acids is 3. The zero-order chi connectivity index (χ0) is 28.1. The van der Waals surface area contributed by atoms with Crippen LogP contribution in [0.15, 0.2) is 59.0 Å². The number of fused-ring (bicyclic) bond motifs is 2. The third kappa shape index (κ3) is 4.06. The van der Waals surface area contributed by atoms with Crippen molar-refractivity contribution in [2.75, 3.05) is 65.4 Å². The third-order valence-electron chi connectivity index (χ3n) is 7.43. The minimum absolute atomic E-state index is 0.00848. The number of hydrogen-bond acceptors (Lipinski definition) is 8. The molecule has 0 aliphatic carbocycles. The number of aliphatic hydroxyl groups excluding tert-OH is 1. The number of amides is 2. The van der Waals surface area contributed by atoms with E-state index in [1.807, 2.05) is 4.90 Å². The topological polar surface area (TPSA) is 128 Å². The number of morpholine rings is 1. The van der Waals surface area contributed by atoms with E-state index in [9.17, 15) is 27.9 Å². The molecule has 1 unspecified atom stereocenters. The van der Waals surface area contributed by atoms with Gasteiger partial charge in [0.05, 0.1) is 23.7 Å². The van der Waals surface area contributed by atoms with Crippen molar-refractivity contribution in [1.29, 1.82) is 0 Å². The summed E-state index contributed by atoms with van der Waals surface area (Å²) in [5, 5.41) is 11.6. The zero-order valence-electron chi connectivity index (χ0n) is 22.0. The molecule has 206 valence electrons. The van der Waals surface area contributed by atoms with E-state index in [0.29, 0.717) is 17.8 Å². The second-order valence-electron chi connectivity index (χ2n) is 9.95. The first-order valence-corrected chi connectivity index (χ1v) is 14.0. The van der Waals surface area contributed by atoms with Gasteiger partial charge in [-0.3, -0.25) is 14.4 Å². The third-order valence-corrected chi connectivity index (χ3v) is 9.32. The van der Waals surface area contributed by atoms with Crippen LogP contribution in [0, 0.1) is 0 Å². The molecule has 0 saturated carbocycles. The Balaban J connectivity index is 1.71. The molecule has 2 fully saturated rings. The summed E-state index contributed by atoms with van der Waals surface area (Å²) in [5.41, 5.74) is -1.36. The molecular formula is C27H30N4O7S. The van der Waals surface area contributed by atoms with Crippen molar-refractivity contribution in [3.63, 3.8) is 0 Å². The number of para-hydroxylation sites is 1. The number of likely N-dealkylation sites (N-methyl/N-ethyl adjacent to an activating group) is 2. The summed E-state index contributed by atoms with van der Waals surface area (Å²) in [6.45, 7) is 1.33. The van der Waals surface area contributed by atoms with Crippen molar-refractivity contribution < 1.29 is 32.6 Å². The lowest BCUT2D eigenvalue weighted by Crippen LogP contribution is -2.52. The molecule has 3 aliphatic rings. The molecule has 0 bridgehead atoms. The summed E-state index contributed by atoms with van der Waals surface area (Å²) in [4.78, 5) is 45.4. The largest absolute Gasteiger partial charge is 0.507 e. The maximum atomic E-state index is 14.0. The number of likely N-dealkylation sites (tertiary alicyclic amines) is 1. The van der Waals surface area contributed by atoms with Gasteiger partial charge in [0.1, 0.15) is 5.76 Å². The average Bonchev–Trinajstić information content (AvgIpc) is 3.30. The maximum Gasteiger partial charge on any atom is 0.296 e. The molecule has 5 rings (SSSR count). The average molecular weight is 555 g/mol. The molecule has 2 aromatic rings. The summed E-state index contributed by atoms with van der Waals surface area (Å²) < 4.78 is 33.1. The molecule has 3 heterocycles. The lowest BCUT2D eigenvalue weighted by atomic mass is 9.82. The van der Waals surface area contributed by atoms with Crippen LogP contribution in [-0.4, -0.2) is 106 Å². The first-order valence-electron chi connectivity index (χ1n) is 12.5. The number of hydrogen-bond donors (Lipinski definition) is 1. The Labute approximate surface area is 226 Å². The summed E-state index contributed by atoms with van der Waals surface area (Å²) >= 11 is 0. The molecule has 12 heteroatoms. The van der Waals surface area contributed by atoms with Crippen LogP contribution in [0.5, 0.6) is 0 Å². The van der Waals surface area contributed by atoms with Gasteiger partial charge in [-0.1, -0.05) is 30.3 Å². The molecule has 1 N–H and O–H groups in total. The summed E-state index contributed by atoms with van der Waals surface area (Å²) in [7, 11) is 1.25. The van der Waals surface area contributed by atoms with Crippen molar-refractivity contribution in [2.45, 2.75) is 10.4 Å². The number of ketones is 1. The van der Waals surface area contributed by atoms with Crippen molar-refractivity contribution in [3.8, 4) is 0 Å². The summed E-state index contributed by atoms with van der Waals surface area (Å²) in [5.74, 6) is -3.08. The Morgan fingerprint density at radius 2 is 1.74 bits per heavy atom. The van der Waals surface area contributed by atoms with Crippen molar-refractivity contribution in [3.05, 3.63) is 65.2 Å². The number of rotatable bonds is 6. The number of anilines is 1. The highest BCUT2D eigenvalue weighted by Crippen LogP contribution is 2.53. The Morgan fingerprint density at radius 1 is 1.05 bits per heavy atom. The molecule has 11 nitrogen and oxygen atoms in total. The van der Waals surface area contributed by atoms with E-state index >= 15 is 0 Å². The first-order chi connectivity index (χ1) is 18.5. The van der Waals surface area contributed by atoms with Gasteiger partial charge < -0.3 is 24.5 Å². The fourth-order valence-corrected chi connectivity index (χ4v) is 6.91. The smallest absolute Gasteiger partial charge is 0.296 e. The molecule has 39 heavy (non-hydrogen) atoms. The van der Waals surface area contributed by atoms with Crippen LogP contribution in [0.4, 0.5) is 5.69 Å². The minimum Gasteiger partial charge on any atom is -0.507 e. The Morgan fingerprint density at radius 3 is 2.44 bits per heavy atom. The summed E-state index contributed by atoms with van der Waals surface area (Å²) in [6, 6.07) is 12.4. The van der Waals surface area contributed by atoms with Crippen LogP contribution < -0.4 is 4.90 Å². The van der Waals surface area contributed by atoms with E-state index in [0.717, 1.165) is 0 Å². The van der Waals surface area contributed by atoms with Gasteiger partial charge in [0.15, 0.2) is 5.54 Å². The molecule has 0 radical (unpaired) electrons. The van der Waals surface area contributed by atoms with Gasteiger partial charge in [-0.25, -0.2) is 8.42 Å². The van der Waals surface area contributed by atoms with Crippen LogP contribution in [-0.2, 0) is 34.7 Å². The van der Waals surface area contributed by atoms with Crippen LogP contribution in [0.2, 0.25) is 0 Å². The molecule has 2 saturated heterocycles. The Bertz CT molecular complexity index is 1500. The minimum atomic E-state index is -3.91. The van der Waals surface area contributed by atoms with E-state index in [-0.39, 0.29) is 48.9 Å². The highest BCUT2D eigenvalue weighted by molar-refractivity contribution is 7.89. The molecule has 1 spiro atoms. The number of benzene rings is 2. The molecule has 2 aromatic carbocycles. The normalized spacial score (nSPS) is 23.3. The van der Waals surface area contributed by atoms with Gasteiger partial charge in [0.2, 0.25) is 10.0 Å². The highest BCUT2D eigenvalue weighted by atomic mass is 32.2. The molecule has 0 aromatic heterocycles. The number of sulfonamides is 1. The Kier molecular flexibility index (Phi) is 6.83. The van der Waals surface area contributed by atoms with Crippen molar-refractivity contribution in [1.82, 2.24) is 14.1 Å². The van der Waals surface area contributed by atoms with E-state index in [4.69, 9.17) is 4.74 Å². The molecule has 2 amide bonds. The predicted octanol–water partition coefficient (Wildman–Crippen LogP) is 0.821. The molecule has 3 aliphatic heterocycles. The second kappa shape index (κ2) is 9.87. The van der Waals surface area contributed by atoms with Crippen LogP contribution in [0.1, 0.15) is 11.1 Å². The zero-order valence-corrected chi connectivity index (χ0v) is 22.8. The fourth-order valence-electron chi connectivity index (χ4n) is 5.46. The number of ether oxygens (including phenoxy) is 1. The van der Waals surface area contributed by atoms with Gasteiger partial charge in [-0.2, -0.15) is 4.31 Å². The second-order valence-corrected chi connectivity index (χ2v) is 11.9.